The molecular formula is C26H29NO10. The van der Waals surface area contributed by atoms with Gasteiger partial charge in [0.15, 0.2) is 12.1 Å². The van der Waals surface area contributed by atoms with E-state index in [1.54, 1.807) is 6.92 Å². The maximum absolute atomic E-state index is 13.6. The molecule has 1 aliphatic heterocycles. The molecule has 1 saturated heterocycles. The lowest BCUT2D eigenvalue weighted by Crippen LogP contribution is -2.52. The summed E-state index contributed by atoms with van der Waals surface area (Å²) in [5.74, 6) is -2.79. The molecule has 198 valence electrons. The summed E-state index contributed by atoms with van der Waals surface area (Å²) in [4.78, 5) is 27.0. The van der Waals surface area contributed by atoms with Crippen molar-refractivity contribution in [2.45, 2.75) is 69.0 Å². The molecule has 37 heavy (non-hydrogen) atoms. The van der Waals surface area contributed by atoms with Gasteiger partial charge in [-0.15, -0.1) is 0 Å². The monoisotopic (exact) mass is 515 g/mol. The van der Waals surface area contributed by atoms with Crippen molar-refractivity contribution >= 4 is 11.6 Å². The smallest absolute Gasteiger partial charge is 0.202 e. The van der Waals surface area contributed by atoms with Crippen molar-refractivity contribution in [3.05, 3.63) is 51.6 Å². The molecule has 1 heterocycles. The highest BCUT2D eigenvalue weighted by atomic mass is 16.7. The molecule has 2 aromatic rings. The number of ether oxygens (including phenoxy) is 3. The Labute approximate surface area is 212 Å². The molecule has 0 unspecified atom stereocenters. The highest BCUT2D eigenvalue weighted by Gasteiger charge is 2.50. The molecule has 0 saturated carbocycles. The number of benzene rings is 2. The van der Waals surface area contributed by atoms with Gasteiger partial charge in [0, 0.05) is 35.6 Å². The van der Waals surface area contributed by atoms with Crippen LogP contribution in [-0.2, 0) is 9.47 Å². The fraction of sp³-hybridized carbons (Fsp3) is 0.462. The molecule has 0 aromatic heterocycles. The van der Waals surface area contributed by atoms with Gasteiger partial charge in [0.1, 0.15) is 23.4 Å². The molecular weight excluding hydrogens is 486 g/mol. The highest BCUT2D eigenvalue weighted by molar-refractivity contribution is 6.31. The number of hydrogen-bond acceptors (Lipinski definition) is 11. The normalized spacial score (nSPS) is 32.9. The predicted molar refractivity (Wildman–Crippen MR) is 127 cm³/mol. The number of rotatable bonds is 3. The van der Waals surface area contributed by atoms with Crippen LogP contribution in [0.1, 0.15) is 81.9 Å². The van der Waals surface area contributed by atoms with Gasteiger partial charge in [-0.3, -0.25) is 9.59 Å². The summed E-state index contributed by atoms with van der Waals surface area (Å²) in [6.07, 6.45) is -5.62. The van der Waals surface area contributed by atoms with Gasteiger partial charge < -0.3 is 45.5 Å². The van der Waals surface area contributed by atoms with Crippen LogP contribution in [0.3, 0.4) is 0 Å². The van der Waals surface area contributed by atoms with Gasteiger partial charge in [-0.25, -0.2) is 0 Å². The molecule has 11 heteroatoms. The molecule has 3 aliphatic rings. The van der Waals surface area contributed by atoms with Crippen LogP contribution >= 0.6 is 0 Å². The quantitative estimate of drug-likeness (QED) is 0.272. The second-order valence-electron chi connectivity index (χ2n) is 10.1. The fourth-order valence-electron chi connectivity index (χ4n) is 5.56. The third-order valence-electron chi connectivity index (χ3n) is 7.55. The standard InChI is InChI=1S/C26H29NO10/c1-9-20(28)11(27)7-14(36-9)37-13-8-26(2,34)25(33)19-16(13)23(31)18-17(24(19)32)21(29)10-5-4-6-12(35-3)15(10)22(18)30/h4-6,9,11,13-14,20,25,28,31-34H,7-8,27H2,1-3H3/t9-,11-,13-,14+,20+,25-,26-/m1/s1. The Morgan fingerprint density at radius 1 is 1.05 bits per heavy atom. The van der Waals surface area contributed by atoms with Gasteiger partial charge in [-0.05, 0) is 19.9 Å². The van der Waals surface area contributed by atoms with Crippen LogP contribution in [0.2, 0.25) is 0 Å². The van der Waals surface area contributed by atoms with Gasteiger partial charge in [0.2, 0.25) is 5.78 Å². The largest absolute Gasteiger partial charge is 0.507 e. The number of aliphatic hydroxyl groups excluding tert-OH is 2. The van der Waals surface area contributed by atoms with E-state index in [2.05, 4.69) is 0 Å². The van der Waals surface area contributed by atoms with Crippen molar-refractivity contribution in [2.75, 3.05) is 7.11 Å². The minimum absolute atomic E-state index is 0.0338. The summed E-state index contributed by atoms with van der Waals surface area (Å²) in [6.45, 7) is 2.93. The number of fused-ring (bicyclic) bond motifs is 3. The van der Waals surface area contributed by atoms with Crippen LogP contribution in [0.5, 0.6) is 17.2 Å². The van der Waals surface area contributed by atoms with Crippen LogP contribution in [0.25, 0.3) is 0 Å². The predicted octanol–water partition coefficient (Wildman–Crippen LogP) is 0.951. The van der Waals surface area contributed by atoms with Crippen molar-refractivity contribution in [3.63, 3.8) is 0 Å². The number of ketones is 2. The number of aliphatic hydroxyl groups is 3. The van der Waals surface area contributed by atoms with Crippen LogP contribution in [-0.4, -0.2) is 74.3 Å². The minimum Gasteiger partial charge on any atom is -0.507 e. The molecule has 0 spiro atoms. The van der Waals surface area contributed by atoms with Crippen LogP contribution in [0, 0.1) is 0 Å². The number of aromatic hydroxyl groups is 2. The molecule has 7 N–H and O–H groups in total. The first kappa shape index (κ1) is 25.6. The zero-order valence-corrected chi connectivity index (χ0v) is 20.5. The SMILES string of the molecule is COc1cccc2c1C(=O)c1c(O)c3c(c(O)c1C2=O)[C@@H](O)[C@](C)(O)C[C@H]3O[C@H]1C[C@@H](N)[C@@H](O)[C@@H](C)O1. The van der Waals surface area contributed by atoms with E-state index >= 15 is 0 Å². The number of nitrogens with two attached hydrogens (primary N) is 1. The first-order valence-corrected chi connectivity index (χ1v) is 11.9. The van der Waals surface area contributed by atoms with Crippen molar-refractivity contribution < 1.29 is 49.3 Å². The molecule has 0 radical (unpaired) electrons. The average molecular weight is 516 g/mol. The Kier molecular flexibility index (Phi) is 6.06. The highest BCUT2D eigenvalue weighted by Crippen LogP contribution is 2.55. The van der Waals surface area contributed by atoms with E-state index in [1.165, 1.54) is 32.2 Å². The van der Waals surface area contributed by atoms with Crippen molar-refractivity contribution in [3.8, 4) is 17.2 Å². The van der Waals surface area contributed by atoms with Gasteiger partial charge in [-0.1, -0.05) is 12.1 Å². The summed E-state index contributed by atoms with van der Waals surface area (Å²) < 4.78 is 17.0. The average Bonchev–Trinajstić information content (AvgIpc) is 2.84. The van der Waals surface area contributed by atoms with E-state index < -0.39 is 76.5 Å². The first-order valence-electron chi connectivity index (χ1n) is 11.9. The Bertz CT molecular complexity index is 1290. The minimum atomic E-state index is -1.85. The number of hydrogen-bond donors (Lipinski definition) is 6. The third-order valence-corrected chi connectivity index (χ3v) is 7.55. The van der Waals surface area contributed by atoms with Crippen LogP contribution in [0.4, 0.5) is 0 Å². The molecule has 11 nitrogen and oxygen atoms in total. The molecule has 0 bridgehead atoms. The summed E-state index contributed by atoms with van der Waals surface area (Å²) in [7, 11) is 1.34. The number of phenolic OH excluding ortho intramolecular Hbond substituents is 2. The second kappa shape index (κ2) is 8.76. The van der Waals surface area contributed by atoms with Crippen molar-refractivity contribution in [1.29, 1.82) is 0 Å². The number of carbonyl (C=O) groups excluding carboxylic acids is 2. The zero-order chi connectivity index (χ0) is 27.0. The fourth-order valence-corrected chi connectivity index (χ4v) is 5.56. The van der Waals surface area contributed by atoms with E-state index in [9.17, 15) is 35.1 Å². The first-order chi connectivity index (χ1) is 17.4. The zero-order valence-electron chi connectivity index (χ0n) is 20.5. The molecule has 1 fully saturated rings. The van der Waals surface area contributed by atoms with Gasteiger partial charge >= 0.3 is 0 Å². The topological polar surface area (TPSA) is 189 Å². The number of phenols is 2. The lowest BCUT2D eigenvalue weighted by atomic mass is 9.72. The number of methoxy groups -OCH3 is 1. The lowest BCUT2D eigenvalue weighted by molar-refractivity contribution is -0.251. The van der Waals surface area contributed by atoms with Gasteiger partial charge in [-0.2, -0.15) is 0 Å². The molecule has 2 aromatic carbocycles. The van der Waals surface area contributed by atoms with E-state index in [0.29, 0.717) is 0 Å². The van der Waals surface area contributed by atoms with E-state index in [1.807, 2.05) is 0 Å². The maximum atomic E-state index is 13.6. The molecule has 5 rings (SSSR count). The summed E-state index contributed by atoms with van der Waals surface area (Å²) in [6, 6.07) is 3.74. The Hall–Kier alpha value is -3.06. The van der Waals surface area contributed by atoms with Crippen LogP contribution in [0.15, 0.2) is 18.2 Å². The van der Waals surface area contributed by atoms with E-state index in [-0.39, 0.29) is 40.8 Å². The second-order valence-corrected chi connectivity index (χ2v) is 10.1. The Morgan fingerprint density at radius 3 is 2.35 bits per heavy atom. The number of carbonyl (C=O) groups is 2. The van der Waals surface area contributed by atoms with Crippen molar-refractivity contribution in [1.82, 2.24) is 0 Å². The van der Waals surface area contributed by atoms with E-state index in [0.717, 1.165) is 0 Å². The van der Waals surface area contributed by atoms with Gasteiger partial charge in [0.25, 0.3) is 0 Å². The van der Waals surface area contributed by atoms with Gasteiger partial charge in [0.05, 0.1) is 47.7 Å². The molecule has 0 amide bonds. The van der Waals surface area contributed by atoms with Crippen molar-refractivity contribution in [2.24, 2.45) is 5.73 Å². The third kappa shape index (κ3) is 3.73. The summed E-state index contributed by atoms with van der Waals surface area (Å²) in [5.41, 5.74) is 2.65. The Balaban J connectivity index is 1.68. The Morgan fingerprint density at radius 2 is 1.70 bits per heavy atom. The molecule has 2 aliphatic carbocycles. The summed E-state index contributed by atoms with van der Waals surface area (Å²) >= 11 is 0. The maximum Gasteiger partial charge on any atom is 0.202 e. The van der Waals surface area contributed by atoms with E-state index in [4.69, 9.17) is 19.9 Å². The summed E-state index contributed by atoms with van der Waals surface area (Å²) in [5, 5.41) is 54.8. The van der Waals surface area contributed by atoms with Crippen LogP contribution < -0.4 is 10.5 Å². The lowest BCUT2D eigenvalue weighted by Gasteiger charge is -2.43. The molecule has 7 atom stereocenters.